The van der Waals surface area contributed by atoms with Gasteiger partial charge in [0.2, 0.25) is 0 Å². The molecule has 0 aromatic rings. The first kappa shape index (κ1) is 14.5. The van der Waals surface area contributed by atoms with Crippen LogP contribution in [0.25, 0.3) is 0 Å². The predicted octanol–water partition coefficient (Wildman–Crippen LogP) is 2.68. The van der Waals surface area contributed by atoms with Crippen molar-refractivity contribution in [3.63, 3.8) is 0 Å². The molecule has 16 heavy (non-hydrogen) atoms. The molecule has 0 aromatic heterocycles. The van der Waals surface area contributed by atoms with Crippen molar-refractivity contribution in [2.75, 3.05) is 38.6 Å². The Hall–Kier alpha value is 0.400. The summed E-state index contributed by atoms with van der Waals surface area (Å²) < 4.78 is 0. The van der Waals surface area contributed by atoms with Crippen molar-refractivity contribution in [3.05, 3.63) is 0 Å². The predicted molar refractivity (Wildman–Crippen MR) is 75.3 cm³/mol. The van der Waals surface area contributed by atoms with E-state index in [4.69, 9.17) is 0 Å². The van der Waals surface area contributed by atoms with Gasteiger partial charge in [0.05, 0.1) is 0 Å². The van der Waals surface area contributed by atoms with Crippen molar-refractivity contribution in [1.29, 1.82) is 0 Å². The van der Waals surface area contributed by atoms with E-state index in [0.29, 0.717) is 11.5 Å². The lowest BCUT2D eigenvalue weighted by molar-refractivity contribution is 0.0764. The SMILES string of the molecule is CC1CN(CC(CBr)C(C)(C)C)CCN1C. The third-order valence-corrected chi connectivity index (χ3v) is 4.71. The van der Waals surface area contributed by atoms with Crippen LogP contribution in [-0.4, -0.2) is 54.4 Å². The molecule has 0 radical (unpaired) electrons. The van der Waals surface area contributed by atoms with Gasteiger partial charge in [-0.2, -0.15) is 0 Å². The van der Waals surface area contributed by atoms with Crippen LogP contribution in [0.2, 0.25) is 0 Å². The zero-order chi connectivity index (χ0) is 12.3. The Kier molecular flexibility index (Phi) is 5.27. The zero-order valence-corrected chi connectivity index (χ0v) is 13.0. The number of piperazine rings is 1. The maximum Gasteiger partial charge on any atom is 0.0192 e. The van der Waals surface area contributed by atoms with E-state index in [1.54, 1.807) is 0 Å². The summed E-state index contributed by atoms with van der Waals surface area (Å²) in [6.45, 7) is 14.2. The van der Waals surface area contributed by atoms with Crippen molar-refractivity contribution in [1.82, 2.24) is 9.80 Å². The molecule has 1 saturated heterocycles. The topological polar surface area (TPSA) is 6.48 Å². The molecule has 1 fully saturated rings. The van der Waals surface area contributed by atoms with Crippen molar-refractivity contribution in [2.24, 2.45) is 11.3 Å². The van der Waals surface area contributed by atoms with Crippen LogP contribution >= 0.6 is 15.9 Å². The Morgan fingerprint density at radius 3 is 2.38 bits per heavy atom. The average molecular weight is 291 g/mol. The molecule has 0 aliphatic carbocycles. The molecule has 2 atom stereocenters. The number of hydrogen-bond acceptors (Lipinski definition) is 2. The van der Waals surface area contributed by atoms with Crippen LogP contribution in [0.5, 0.6) is 0 Å². The fraction of sp³-hybridized carbons (Fsp3) is 1.00. The van der Waals surface area contributed by atoms with E-state index in [-0.39, 0.29) is 0 Å². The standard InChI is InChI=1S/C13H27BrN2/c1-11-9-16(7-6-15(11)5)10-12(8-14)13(2,3)4/h11-12H,6-10H2,1-5H3. The summed E-state index contributed by atoms with van der Waals surface area (Å²) in [5.41, 5.74) is 0.399. The smallest absolute Gasteiger partial charge is 0.0192 e. The first-order valence-electron chi connectivity index (χ1n) is 6.33. The lowest BCUT2D eigenvalue weighted by atomic mass is 9.81. The monoisotopic (exact) mass is 290 g/mol. The highest BCUT2D eigenvalue weighted by molar-refractivity contribution is 9.09. The van der Waals surface area contributed by atoms with Crippen LogP contribution in [0.4, 0.5) is 0 Å². The van der Waals surface area contributed by atoms with E-state index in [0.717, 1.165) is 11.2 Å². The number of alkyl halides is 1. The Labute approximate surface area is 109 Å². The summed E-state index contributed by atoms with van der Waals surface area (Å²) in [5.74, 6) is 0.739. The highest BCUT2D eigenvalue weighted by Crippen LogP contribution is 2.28. The number of halogens is 1. The van der Waals surface area contributed by atoms with Gasteiger partial charge in [-0.25, -0.2) is 0 Å². The van der Waals surface area contributed by atoms with Crippen LogP contribution in [0.1, 0.15) is 27.7 Å². The maximum absolute atomic E-state index is 3.67. The molecule has 1 aliphatic heterocycles. The molecule has 2 unspecified atom stereocenters. The lowest BCUT2D eigenvalue weighted by Crippen LogP contribution is -2.52. The molecule has 0 bridgehead atoms. The van der Waals surface area contributed by atoms with Gasteiger partial charge in [0, 0.05) is 37.6 Å². The largest absolute Gasteiger partial charge is 0.301 e. The molecule has 3 heteroatoms. The van der Waals surface area contributed by atoms with E-state index < -0.39 is 0 Å². The van der Waals surface area contributed by atoms with E-state index in [2.05, 4.69) is 60.5 Å². The van der Waals surface area contributed by atoms with Crippen molar-refractivity contribution >= 4 is 15.9 Å². The van der Waals surface area contributed by atoms with Gasteiger partial charge in [0.15, 0.2) is 0 Å². The van der Waals surface area contributed by atoms with E-state index in [9.17, 15) is 0 Å². The van der Waals surface area contributed by atoms with Gasteiger partial charge >= 0.3 is 0 Å². The Morgan fingerprint density at radius 1 is 1.31 bits per heavy atom. The fourth-order valence-electron chi connectivity index (χ4n) is 2.16. The first-order chi connectivity index (χ1) is 7.34. The molecular weight excluding hydrogens is 264 g/mol. The van der Waals surface area contributed by atoms with Crippen LogP contribution in [0.3, 0.4) is 0 Å². The third kappa shape index (κ3) is 4.01. The Bertz CT molecular complexity index is 212. The van der Waals surface area contributed by atoms with Crippen LogP contribution in [-0.2, 0) is 0 Å². The minimum Gasteiger partial charge on any atom is -0.301 e. The molecule has 1 rings (SSSR count). The highest BCUT2D eigenvalue weighted by atomic mass is 79.9. The molecule has 1 aliphatic rings. The van der Waals surface area contributed by atoms with Gasteiger partial charge in [0.1, 0.15) is 0 Å². The van der Waals surface area contributed by atoms with Crippen molar-refractivity contribution < 1.29 is 0 Å². The Balaban J connectivity index is 2.47. The van der Waals surface area contributed by atoms with Gasteiger partial charge in [-0.3, -0.25) is 0 Å². The second-order valence-electron chi connectivity index (χ2n) is 6.31. The number of rotatable bonds is 3. The van der Waals surface area contributed by atoms with Gasteiger partial charge in [-0.05, 0) is 25.3 Å². The summed E-state index contributed by atoms with van der Waals surface area (Å²) in [7, 11) is 2.23. The minimum absolute atomic E-state index is 0.399. The molecule has 2 nitrogen and oxygen atoms in total. The molecule has 0 spiro atoms. The van der Waals surface area contributed by atoms with Gasteiger partial charge < -0.3 is 9.80 Å². The maximum atomic E-state index is 3.67. The summed E-state index contributed by atoms with van der Waals surface area (Å²) in [6, 6.07) is 0.699. The van der Waals surface area contributed by atoms with E-state index in [1.165, 1.54) is 26.2 Å². The first-order valence-corrected chi connectivity index (χ1v) is 7.45. The van der Waals surface area contributed by atoms with Crippen LogP contribution in [0.15, 0.2) is 0 Å². The van der Waals surface area contributed by atoms with Crippen LogP contribution in [0, 0.1) is 11.3 Å². The zero-order valence-electron chi connectivity index (χ0n) is 11.5. The van der Waals surface area contributed by atoms with E-state index in [1.807, 2.05) is 0 Å². The molecular formula is C13H27BrN2. The molecule has 0 amide bonds. The summed E-state index contributed by atoms with van der Waals surface area (Å²) in [6.07, 6.45) is 0. The van der Waals surface area contributed by atoms with Crippen molar-refractivity contribution in [2.45, 2.75) is 33.7 Å². The third-order valence-electron chi connectivity index (χ3n) is 3.93. The van der Waals surface area contributed by atoms with Crippen molar-refractivity contribution in [3.8, 4) is 0 Å². The molecule has 0 saturated carbocycles. The minimum atomic E-state index is 0.399. The van der Waals surface area contributed by atoms with Crippen LogP contribution < -0.4 is 0 Å². The summed E-state index contributed by atoms with van der Waals surface area (Å²) in [4.78, 5) is 5.08. The highest BCUT2D eigenvalue weighted by Gasteiger charge is 2.28. The normalized spacial score (nSPS) is 27.0. The average Bonchev–Trinajstić information content (AvgIpc) is 2.18. The summed E-state index contributed by atoms with van der Waals surface area (Å²) in [5, 5.41) is 1.11. The number of hydrogen-bond donors (Lipinski definition) is 0. The number of likely N-dealkylation sites (N-methyl/N-ethyl adjacent to an activating group) is 1. The molecule has 1 heterocycles. The second-order valence-corrected chi connectivity index (χ2v) is 6.95. The fourth-order valence-corrected chi connectivity index (χ4v) is 3.33. The summed E-state index contributed by atoms with van der Waals surface area (Å²) >= 11 is 3.67. The van der Waals surface area contributed by atoms with Gasteiger partial charge in [-0.15, -0.1) is 0 Å². The van der Waals surface area contributed by atoms with Gasteiger partial charge in [0.25, 0.3) is 0 Å². The molecule has 96 valence electrons. The quantitative estimate of drug-likeness (QED) is 0.738. The van der Waals surface area contributed by atoms with Gasteiger partial charge in [-0.1, -0.05) is 36.7 Å². The number of nitrogens with zero attached hydrogens (tertiary/aromatic N) is 2. The second kappa shape index (κ2) is 5.83. The molecule has 0 aromatic carbocycles. The Morgan fingerprint density at radius 2 is 1.94 bits per heavy atom. The lowest BCUT2D eigenvalue weighted by Gasteiger charge is -2.41. The molecule has 0 N–H and O–H groups in total. The van der Waals surface area contributed by atoms with E-state index >= 15 is 0 Å².